The Balaban J connectivity index is 0.000000185. The van der Waals surface area contributed by atoms with E-state index in [1.165, 1.54) is 12.1 Å². The molecule has 0 saturated carbocycles. The number of rotatable bonds is 1. The fourth-order valence-corrected chi connectivity index (χ4v) is 2.16. The van der Waals surface area contributed by atoms with Gasteiger partial charge in [0.25, 0.3) is 0 Å². The summed E-state index contributed by atoms with van der Waals surface area (Å²) in [6, 6.07) is 25.4. The number of hydrogen-bond acceptors (Lipinski definition) is 5. The molecule has 0 atom stereocenters. The summed E-state index contributed by atoms with van der Waals surface area (Å²) in [6.45, 7) is 0. The van der Waals surface area contributed by atoms with Crippen LogP contribution >= 0.6 is 7.94 Å². The second kappa shape index (κ2) is 10.4. The normalized spacial score (nSPS) is 10.5. The van der Waals surface area contributed by atoms with E-state index < -0.39 is 7.94 Å². The van der Waals surface area contributed by atoms with Crippen LogP contribution in [-0.4, -0.2) is 24.9 Å². The van der Waals surface area contributed by atoms with Crippen molar-refractivity contribution in [3.05, 3.63) is 91.0 Å². The second-order valence-corrected chi connectivity index (χ2v) is 6.52. The van der Waals surface area contributed by atoms with E-state index in [0.29, 0.717) is 11.5 Å². The molecular formula is C18H21O5P. The fraction of sp³-hybridized carbons (Fsp3) is 0. The third-order valence-electron chi connectivity index (χ3n) is 2.67. The van der Waals surface area contributed by atoms with Gasteiger partial charge in [-0.05, 0) is 24.3 Å². The summed E-state index contributed by atoms with van der Waals surface area (Å²) in [7, 11) is -4.03. The molecule has 5 N–H and O–H groups in total. The van der Waals surface area contributed by atoms with E-state index >= 15 is 0 Å². The second-order valence-electron chi connectivity index (χ2n) is 4.67. The molecule has 3 aromatic rings. The zero-order chi connectivity index (χ0) is 17.8. The maximum Gasteiger partial charge on any atom is 0.115 e. The zero-order valence-electron chi connectivity index (χ0n) is 12.9. The van der Waals surface area contributed by atoms with E-state index in [2.05, 4.69) is 0 Å². The van der Waals surface area contributed by atoms with Crippen molar-refractivity contribution in [2.24, 2.45) is 0 Å². The molecular weight excluding hydrogens is 327 g/mol. The predicted molar refractivity (Wildman–Crippen MR) is 97.3 cm³/mol. The minimum atomic E-state index is -4.03. The average molecular weight is 348 g/mol. The Morgan fingerprint density at radius 2 is 0.750 bits per heavy atom. The molecule has 0 heterocycles. The predicted octanol–water partition coefficient (Wildman–Crippen LogP) is 2.57. The van der Waals surface area contributed by atoms with Gasteiger partial charge in [0.1, 0.15) is 11.5 Å². The van der Waals surface area contributed by atoms with Crippen LogP contribution in [0.25, 0.3) is 0 Å². The van der Waals surface area contributed by atoms with Gasteiger partial charge in [0.2, 0.25) is 0 Å². The van der Waals surface area contributed by atoms with Gasteiger partial charge in [-0.1, -0.05) is 36.4 Å². The monoisotopic (exact) mass is 348 g/mol. The van der Waals surface area contributed by atoms with E-state index in [0.717, 1.165) is 0 Å². The third-order valence-corrected chi connectivity index (χ3v) is 3.78. The van der Waals surface area contributed by atoms with Crippen molar-refractivity contribution in [1.29, 1.82) is 0 Å². The SMILES string of the molecule is O[PH](O)(O)c1ccccc1.Oc1ccccc1.Oc1ccccc1. The summed E-state index contributed by atoms with van der Waals surface area (Å²) in [5.41, 5.74) is 0. The number of phenols is 2. The van der Waals surface area contributed by atoms with Crippen LogP contribution in [0.1, 0.15) is 0 Å². The molecule has 0 aliphatic carbocycles. The van der Waals surface area contributed by atoms with Crippen molar-refractivity contribution < 1.29 is 24.9 Å². The molecule has 0 saturated heterocycles. The average Bonchev–Trinajstić information content (AvgIpc) is 2.57. The molecule has 3 aromatic carbocycles. The molecule has 0 aliphatic rings. The van der Waals surface area contributed by atoms with Gasteiger partial charge in [0.15, 0.2) is 0 Å². The molecule has 0 radical (unpaired) electrons. The zero-order valence-corrected chi connectivity index (χ0v) is 13.9. The largest absolute Gasteiger partial charge is 0.508 e. The number of aromatic hydroxyl groups is 2. The molecule has 0 unspecified atom stereocenters. The van der Waals surface area contributed by atoms with Gasteiger partial charge in [-0.25, -0.2) is 0 Å². The minimum Gasteiger partial charge on any atom is -0.508 e. The smallest absolute Gasteiger partial charge is 0.115 e. The Kier molecular flexibility index (Phi) is 8.47. The van der Waals surface area contributed by atoms with Crippen LogP contribution in [0.3, 0.4) is 0 Å². The van der Waals surface area contributed by atoms with Crippen molar-refractivity contribution in [1.82, 2.24) is 0 Å². The summed E-state index contributed by atoms with van der Waals surface area (Å²) < 4.78 is 0. The first-order valence-corrected chi connectivity index (χ1v) is 8.94. The van der Waals surface area contributed by atoms with E-state index in [1.807, 2.05) is 12.1 Å². The van der Waals surface area contributed by atoms with Crippen molar-refractivity contribution in [3.63, 3.8) is 0 Å². The third kappa shape index (κ3) is 8.88. The molecule has 3 rings (SSSR count). The molecule has 0 spiro atoms. The van der Waals surface area contributed by atoms with E-state index in [-0.39, 0.29) is 5.30 Å². The maximum atomic E-state index is 8.74. The van der Waals surface area contributed by atoms with Crippen LogP contribution in [0, 0.1) is 0 Å². The van der Waals surface area contributed by atoms with Crippen molar-refractivity contribution in [3.8, 4) is 11.5 Å². The quantitative estimate of drug-likeness (QED) is 0.435. The first-order chi connectivity index (χ1) is 11.4. The van der Waals surface area contributed by atoms with Gasteiger partial charge in [-0.3, -0.25) is 0 Å². The minimum absolute atomic E-state index is 0.204. The summed E-state index contributed by atoms with van der Waals surface area (Å²) in [4.78, 5) is 26.2. The summed E-state index contributed by atoms with van der Waals surface area (Å²) >= 11 is 0. The number of phenolic OH excluding ortho intramolecular Hbond substituents is 2. The Hall–Kier alpha value is -2.43. The molecule has 6 heteroatoms. The van der Waals surface area contributed by atoms with Gasteiger partial charge in [-0.2, -0.15) is 0 Å². The van der Waals surface area contributed by atoms with Crippen LogP contribution in [0.5, 0.6) is 11.5 Å². The maximum absolute atomic E-state index is 8.74. The Morgan fingerprint density at radius 3 is 0.917 bits per heavy atom. The summed E-state index contributed by atoms with van der Waals surface area (Å²) in [5, 5.41) is 17.5. The molecule has 24 heavy (non-hydrogen) atoms. The molecule has 0 aliphatic heterocycles. The standard InChI is InChI=1S/C6H9O3P.2C6H6O/c7-10(8,9)6-4-2-1-3-5-6;2*7-6-4-2-1-3-5-6/h1-5,7-10H;2*1-5,7H. The Labute approximate surface area is 141 Å². The Bertz CT molecular complexity index is 633. The van der Waals surface area contributed by atoms with Crippen LogP contribution < -0.4 is 5.30 Å². The molecule has 5 nitrogen and oxygen atoms in total. The fourth-order valence-electron chi connectivity index (χ4n) is 1.52. The molecule has 128 valence electrons. The Morgan fingerprint density at radius 1 is 0.458 bits per heavy atom. The van der Waals surface area contributed by atoms with Gasteiger partial charge < -0.3 is 10.2 Å². The molecule has 0 aromatic heterocycles. The number of benzene rings is 3. The van der Waals surface area contributed by atoms with Crippen LogP contribution in [-0.2, 0) is 0 Å². The van der Waals surface area contributed by atoms with Crippen LogP contribution in [0.15, 0.2) is 91.0 Å². The van der Waals surface area contributed by atoms with Gasteiger partial charge in [-0.15, -0.1) is 0 Å². The summed E-state index contributed by atoms with van der Waals surface area (Å²) in [6.07, 6.45) is 0. The van der Waals surface area contributed by atoms with E-state index in [1.54, 1.807) is 66.7 Å². The van der Waals surface area contributed by atoms with Gasteiger partial charge in [0, 0.05) is 0 Å². The van der Waals surface area contributed by atoms with Gasteiger partial charge in [0.05, 0.1) is 0 Å². The van der Waals surface area contributed by atoms with Crippen molar-refractivity contribution >= 4 is 13.2 Å². The topological polar surface area (TPSA) is 101 Å². The van der Waals surface area contributed by atoms with E-state index in [4.69, 9.17) is 24.9 Å². The summed E-state index contributed by atoms with van der Waals surface area (Å²) in [5.74, 6) is 0.644. The molecule has 0 fully saturated rings. The number of para-hydroxylation sites is 2. The molecule has 0 amide bonds. The first-order valence-electron chi connectivity index (χ1n) is 7.10. The first kappa shape index (κ1) is 19.6. The van der Waals surface area contributed by atoms with Crippen molar-refractivity contribution in [2.75, 3.05) is 0 Å². The molecule has 0 bridgehead atoms. The van der Waals surface area contributed by atoms with Crippen LogP contribution in [0.4, 0.5) is 0 Å². The van der Waals surface area contributed by atoms with Crippen LogP contribution in [0.2, 0.25) is 0 Å². The number of hydrogen-bond donors (Lipinski definition) is 5. The van der Waals surface area contributed by atoms with Crippen molar-refractivity contribution in [2.45, 2.75) is 0 Å². The van der Waals surface area contributed by atoms with E-state index in [9.17, 15) is 0 Å². The van der Waals surface area contributed by atoms with Gasteiger partial charge >= 0.3 is 58.3 Å².